The first kappa shape index (κ1) is 21.5. The van der Waals surface area contributed by atoms with E-state index >= 15 is 0 Å². The monoisotopic (exact) mass is 382 g/mol. The van der Waals surface area contributed by atoms with Crippen molar-refractivity contribution in [3.63, 3.8) is 0 Å². The van der Waals surface area contributed by atoms with Gasteiger partial charge in [-0.05, 0) is 82.2 Å². The number of benzene rings is 2. The van der Waals surface area contributed by atoms with E-state index in [-0.39, 0.29) is 23.7 Å². The Morgan fingerprint density at radius 3 is 2.18 bits per heavy atom. The van der Waals surface area contributed by atoms with Crippen LogP contribution in [0.25, 0.3) is 6.08 Å². The van der Waals surface area contributed by atoms with Crippen molar-refractivity contribution < 1.29 is 19.4 Å². The van der Waals surface area contributed by atoms with Crippen molar-refractivity contribution in [2.45, 2.75) is 59.7 Å². The van der Waals surface area contributed by atoms with Crippen LogP contribution in [0.1, 0.15) is 62.5 Å². The highest BCUT2D eigenvalue weighted by Gasteiger charge is 2.13. The zero-order chi connectivity index (χ0) is 20.7. The fourth-order valence-electron chi connectivity index (χ4n) is 2.83. The molecule has 0 bridgehead atoms. The maximum Gasteiger partial charge on any atom is 0.185 e. The molecule has 0 aliphatic rings. The van der Waals surface area contributed by atoms with Crippen molar-refractivity contribution in [3.8, 4) is 17.2 Å². The molecule has 2 aromatic carbocycles. The summed E-state index contributed by atoms with van der Waals surface area (Å²) in [6.45, 7) is 10.1. The Kier molecular flexibility index (Phi) is 7.68. The highest BCUT2D eigenvalue weighted by molar-refractivity contribution is 6.07. The number of aromatic hydroxyl groups is 1. The van der Waals surface area contributed by atoms with Gasteiger partial charge in [0.05, 0.1) is 12.2 Å². The van der Waals surface area contributed by atoms with Gasteiger partial charge in [-0.25, -0.2) is 0 Å². The van der Waals surface area contributed by atoms with Crippen molar-refractivity contribution in [3.05, 3.63) is 59.2 Å². The van der Waals surface area contributed by atoms with E-state index in [0.717, 1.165) is 29.7 Å². The molecule has 0 aromatic heterocycles. The Morgan fingerprint density at radius 1 is 1.00 bits per heavy atom. The number of phenolic OH excluding ortho intramolecular Hbond substituents is 1. The van der Waals surface area contributed by atoms with Crippen molar-refractivity contribution in [2.24, 2.45) is 0 Å². The summed E-state index contributed by atoms with van der Waals surface area (Å²) in [7, 11) is 0. The van der Waals surface area contributed by atoms with Gasteiger partial charge in [0.25, 0.3) is 0 Å². The maximum absolute atomic E-state index is 12.5. The molecule has 150 valence electrons. The molecule has 0 aliphatic carbocycles. The SMILES string of the molecule is CCCc1cc(C=CC(=O)c2ccc(O)cc2)c(OC(C)C)cc1OC(C)C. The number of ether oxygens (including phenoxy) is 2. The fourth-order valence-corrected chi connectivity index (χ4v) is 2.83. The lowest BCUT2D eigenvalue weighted by Gasteiger charge is -2.19. The Labute approximate surface area is 167 Å². The van der Waals surface area contributed by atoms with Crippen LogP contribution < -0.4 is 9.47 Å². The molecule has 0 saturated heterocycles. The maximum atomic E-state index is 12.5. The Hall–Kier alpha value is -2.75. The van der Waals surface area contributed by atoms with Gasteiger partial charge >= 0.3 is 0 Å². The number of hydrogen-bond acceptors (Lipinski definition) is 4. The Morgan fingerprint density at radius 2 is 1.61 bits per heavy atom. The fraction of sp³-hybridized carbons (Fsp3) is 0.375. The molecule has 1 N–H and O–H groups in total. The summed E-state index contributed by atoms with van der Waals surface area (Å²) in [5, 5.41) is 9.38. The first-order valence-corrected chi connectivity index (χ1v) is 9.81. The number of ketones is 1. The predicted octanol–water partition coefficient (Wildman–Crippen LogP) is 5.82. The molecule has 4 heteroatoms. The summed E-state index contributed by atoms with van der Waals surface area (Å²) in [5.74, 6) is 1.53. The number of carbonyl (C=O) groups excluding carboxylic acids is 1. The van der Waals surface area contributed by atoms with Gasteiger partial charge in [0.15, 0.2) is 5.78 Å². The highest BCUT2D eigenvalue weighted by atomic mass is 16.5. The van der Waals surface area contributed by atoms with Crippen LogP contribution >= 0.6 is 0 Å². The van der Waals surface area contributed by atoms with E-state index in [4.69, 9.17) is 9.47 Å². The van der Waals surface area contributed by atoms with E-state index in [0.29, 0.717) is 11.3 Å². The average Bonchev–Trinajstić information content (AvgIpc) is 2.62. The molecule has 0 spiro atoms. The highest BCUT2D eigenvalue weighted by Crippen LogP contribution is 2.33. The van der Waals surface area contributed by atoms with E-state index in [1.807, 2.05) is 39.8 Å². The van der Waals surface area contributed by atoms with E-state index < -0.39 is 0 Å². The number of carbonyl (C=O) groups is 1. The molecule has 0 aliphatic heterocycles. The lowest BCUT2D eigenvalue weighted by Crippen LogP contribution is -2.10. The van der Waals surface area contributed by atoms with Crippen LogP contribution in [-0.4, -0.2) is 23.1 Å². The minimum atomic E-state index is -0.130. The largest absolute Gasteiger partial charge is 0.508 e. The van der Waals surface area contributed by atoms with Crippen molar-refractivity contribution >= 4 is 11.9 Å². The molecule has 0 radical (unpaired) electrons. The van der Waals surface area contributed by atoms with Gasteiger partial charge in [-0.1, -0.05) is 13.3 Å². The van der Waals surface area contributed by atoms with Crippen molar-refractivity contribution in [2.75, 3.05) is 0 Å². The first-order chi connectivity index (χ1) is 13.3. The smallest absolute Gasteiger partial charge is 0.185 e. The molecular formula is C24H30O4. The molecule has 0 atom stereocenters. The van der Waals surface area contributed by atoms with Crippen LogP contribution in [0.4, 0.5) is 0 Å². The number of hydrogen-bond donors (Lipinski definition) is 1. The van der Waals surface area contributed by atoms with Gasteiger partial charge in [-0.2, -0.15) is 0 Å². The number of rotatable bonds is 9. The van der Waals surface area contributed by atoms with E-state index in [1.54, 1.807) is 18.2 Å². The minimum Gasteiger partial charge on any atom is -0.508 e. The normalized spacial score (nSPS) is 11.4. The summed E-state index contributed by atoms with van der Waals surface area (Å²) in [5.41, 5.74) is 2.47. The number of allylic oxidation sites excluding steroid dienone is 1. The third-order valence-corrected chi connectivity index (χ3v) is 4.00. The van der Waals surface area contributed by atoms with Crippen molar-refractivity contribution in [1.29, 1.82) is 0 Å². The molecule has 28 heavy (non-hydrogen) atoms. The molecule has 0 amide bonds. The summed E-state index contributed by atoms with van der Waals surface area (Å²) in [6, 6.07) is 10.2. The summed E-state index contributed by atoms with van der Waals surface area (Å²) in [4.78, 5) is 12.5. The van der Waals surface area contributed by atoms with Crippen LogP contribution in [0.3, 0.4) is 0 Å². The standard InChI is InChI=1S/C24H30O4/c1-6-7-19-14-20(10-13-22(26)18-8-11-21(25)12-9-18)24(28-17(4)5)15-23(19)27-16(2)3/h8-17,25H,6-7H2,1-5H3. The second-order valence-electron chi connectivity index (χ2n) is 7.33. The zero-order valence-electron chi connectivity index (χ0n) is 17.4. The molecule has 0 saturated carbocycles. The second kappa shape index (κ2) is 9.98. The van der Waals surface area contributed by atoms with Gasteiger partial charge in [0.2, 0.25) is 0 Å². The third-order valence-electron chi connectivity index (χ3n) is 4.00. The summed E-state index contributed by atoms with van der Waals surface area (Å²) >= 11 is 0. The molecular weight excluding hydrogens is 352 g/mol. The zero-order valence-corrected chi connectivity index (χ0v) is 17.4. The quantitative estimate of drug-likeness (QED) is 0.439. The van der Waals surface area contributed by atoms with Gasteiger partial charge in [-0.3, -0.25) is 4.79 Å². The first-order valence-electron chi connectivity index (χ1n) is 9.81. The van der Waals surface area contributed by atoms with Crippen molar-refractivity contribution in [1.82, 2.24) is 0 Å². The average molecular weight is 383 g/mol. The predicted molar refractivity (Wildman–Crippen MR) is 113 cm³/mol. The molecule has 4 nitrogen and oxygen atoms in total. The van der Waals surface area contributed by atoms with Gasteiger partial charge in [0, 0.05) is 17.2 Å². The molecule has 0 fully saturated rings. The van der Waals surface area contributed by atoms with E-state index in [1.165, 1.54) is 18.2 Å². The van der Waals surface area contributed by atoms with Gasteiger partial charge in [-0.15, -0.1) is 0 Å². The Bertz CT molecular complexity index is 817. The van der Waals surface area contributed by atoms with E-state index in [9.17, 15) is 9.90 Å². The van der Waals surface area contributed by atoms with Crippen LogP contribution in [0.5, 0.6) is 17.2 Å². The lowest BCUT2D eigenvalue weighted by molar-refractivity contribution is 0.104. The molecule has 0 heterocycles. The Balaban J connectivity index is 2.40. The summed E-state index contributed by atoms with van der Waals surface area (Å²) < 4.78 is 12.0. The van der Waals surface area contributed by atoms with Gasteiger partial charge in [0.1, 0.15) is 17.2 Å². The lowest BCUT2D eigenvalue weighted by atomic mass is 10.0. The molecule has 2 aromatic rings. The number of phenols is 1. The molecule has 0 unspecified atom stereocenters. The topological polar surface area (TPSA) is 55.8 Å². The van der Waals surface area contributed by atoms with E-state index in [2.05, 4.69) is 6.92 Å². The van der Waals surface area contributed by atoms with Crippen LogP contribution in [-0.2, 0) is 6.42 Å². The number of aryl methyl sites for hydroxylation is 1. The van der Waals surface area contributed by atoms with Crippen LogP contribution in [0.2, 0.25) is 0 Å². The third kappa shape index (κ3) is 6.15. The molecule has 2 rings (SSSR count). The van der Waals surface area contributed by atoms with Crippen LogP contribution in [0, 0.1) is 0 Å². The minimum absolute atomic E-state index is 0.00359. The van der Waals surface area contributed by atoms with Gasteiger partial charge < -0.3 is 14.6 Å². The second-order valence-corrected chi connectivity index (χ2v) is 7.33. The van der Waals surface area contributed by atoms with Crippen LogP contribution in [0.15, 0.2) is 42.5 Å². The summed E-state index contributed by atoms with van der Waals surface area (Å²) in [6.07, 6.45) is 5.27.